The second kappa shape index (κ2) is 7.72. The van der Waals surface area contributed by atoms with E-state index in [4.69, 9.17) is 4.98 Å². The van der Waals surface area contributed by atoms with Crippen LogP contribution in [0.5, 0.6) is 0 Å². The molecular formula is C25H24N6. The molecule has 4 aromatic heterocycles. The van der Waals surface area contributed by atoms with E-state index in [9.17, 15) is 0 Å². The standard InChI is InChI=1S/C25H24N6/c1-16(2)23-14-29-25-24(27-9-8-18-13-28-21-7-5-4-6-20(18)21)30-22(15-31(23)25)19-10-17(3)11-26-12-19/h4-7,10-15,28H,1,8-9H2,2-3H3,(H,27,30). The minimum atomic E-state index is 0.745. The first kappa shape index (κ1) is 19.1. The van der Waals surface area contributed by atoms with Crippen LogP contribution in [0.25, 0.3) is 33.4 Å². The summed E-state index contributed by atoms with van der Waals surface area (Å²) in [6.45, 7) is 8.87. The molecule has 1 aromatic carbocycles. The van der Waals surface area contributed by atoms with Crippen LogP contribution in [0.3, 0.4) is 0 Å². The van der Waals surface area contributed by atoms with Crippen molar-refractivity contribution in [1.29, 1.82) is 0 Å². The molecule has 31 heavy (non-hydrogen) atoms. The van der Waals surface area contributed by atoms with Crippen molar-refractivity contribution in [2.45, 2.75) is 20.3 Å². The largest absolute Gasteiger partial charge is 0.367 e. The Morgan fingerprint density at radius 1 is 1.19 bits per heavy atom. The summed E-state index contributed by atoms with van der Waals surface area (Å²) in [7, 11) is 0. The molecule has 0 aliphatic carbocycles. The smallest absolute Gasteiger partial charge is 0.180 e. The fourth-order valence-corrected chi connectivity index (χ4v) is 3.91. The fraction of sp³-hybridized carbons (Fsp3) is 0.160. The van der Waals surface area contributed by atoms with Gasteiger partial charge in [0.25, 0.3) is 0 Å². The summed E-state index contributed by atoms with van der Waals surface area (Å²) in [5.74, 6) is 0.756. The van der Waals surface area contributed by atoms with Crippen LogP contribution in [-0.2, 0) is 6.42 Å². The lowest BCUT2D eigenvalue weighted by Gasteiger charge is -2.11. The number of aromatic amines is 1. The predicted octanol–water partition coefficient (Wildman–Crippen LogP) is 5.27. The number of allylic oxidation sites excluding steroid dienone is 1. The number of hydrogen-bond acceptors (Lipinski definition) is 4. The lowest BCUT2D eigenvalue weighted by Crippen LogP contribution is -2.09. The summed E-state index contributed by atoms with van der Waals surface area (Å²) in [5, 5.41) is 4.77. The van der Waals surface area contributed by atoms with Crippen LogP contribution in [-0.4, -0.2) is 30.9 Å². The molecule has 4 heterocycles. The van der Waals surface area contributed by atoms with Crippen LogP contribution in [0.4, 0.5) is 5.82 Å². The Kier molecular flexibility index (Phi) is 4.75. The molecule has 0 saturated carbocycles. The summed E-state index contributed by atoms with van der Waals surface area (Å²) in [5.41, 5.74) is 8.08. The zero-order valence-corrected chi connectivity index (χ0v) is 17.7. The van der Waals surface area contributed by atoms with Gasteiger partial charge in [0.05, 0.1) is 17.6 Å². The highest BCUT2D eigenvalue weighted by Crippen LogP contribution is 2.26. The highest BCUT2D eigenvalue weighted by Gasteiger charge is 2.14. The molecule has 5 aromatic rings. The van der Waals surface area contributed by atoms with E-state index < -0.39 is 0 Å². The van der Waals surface area contributed by atoms with Gasteiger partial charge in [-0.2, -0.15) is 0 Å². The summed E-state index contributed by atoms with van der Waals surface area (Å²) in [6, 6.07) is 10.5. The van der Waals surface area contributed by atoms with Gasteiger partial charge in [-0.25, -0.2) is 9.97 Å². The van der Waals surface area contributed by atoms with Crippen molar-refractivity contribution >= 4 is 27.9 Å². The first-order chi connectivity index (χ1) is 15.1. The molecule has 154 valence electrons. The van der Waals surface area contributed by atoms with Crippen molar-refractivity contribution < 1.29 is 0 Å². The number of para-hydroxylation sites is 1. The molecule has 0 atom stereocenters. The summed E-state index contributed by atoms with van der Waals surface area (Å²) < 4.78 is 2.06. The van der Waals surface area contributed by atoms with Crippen molar-refractivity contribution in [3.05, 3.63) is 84.7 Å². The van der Waals surface area contributed by atoms with Crippen LogP contribution < -0.4 is 5.32 Å². The zero-order valence-electron chi connectivity index (χ0n) is 17.7. The number of anilines is 1. The van der Waals surface area contributed by atoms with Crippen molar-refractivity contribution in [3.8, 4) is 11.3 Å². The Balaban J connectivity index is 1.50. The van der Waals surface area contributed by atoms with Gasteiger partial charge in [0.2, 0.25) is 0 Å². The number of aromatic nitrogens is 5. The topological polar surface area (TPSA) is 70.9 Å². The first-order valence-electron chi connectivity index (χ1n) is 10.3. The lowest BCUT2D eigenvalue weighted by atomic mass is 10.1. The Morgan fingerprint density at radius 2 is 2.06 bits per heavy atom. The number of H-pyrrole nitrogens is 1. The molecule has 2 N–H and O–H groups in total. The Bertz CT molecular complexity index is 1410. The molecule has 0 bridgehead atoms. The monoisotopic (exact) mass is 408 g/mol. The number of fused-ring (bicyclic) bond motifs is 2. The van der Waals surface area contributed by atoms with Gasteiger partial charge in [0.15, 0.2) is 11.5 Å². The summed E-state index contributed by atoms with van der Waals surface area (Å²) >= 11 is 0. The van der Waals surface area contributed by atoms with Gasteiger partial charge in [0, 0.05) is 47.8 Å². The molecule has 5 rings (SSSR count). The molecule has 0 amide bonds. The molecular weight excluding hydrogens is 384 g/mol. The van der Waals surface area contributed by atoms with Gasteiger partial charge in [0.1, 0.15) is 0 Å². The van der Waals surface area contributed by atoms with Crippen molar-refractivity contribution in [3.63, 3.8) is 0 Å². The number of nitrogens with one attached hydrogen (secondary N) is 2. The normalized spacial score (nSPS) is 11.3. The minimum absolute atomic E-state index is 0.745. The predicted molar refractivity (Wildman–Crippen MR) is 126 cm³/mol. The van der Waals surface area contributed by atoms with Crippen LogP contribution in [0.15, 0.2) is 67.9 Å². The SMILES string of the molecule is C=C(C)c1cnc2c(NCCc3c[nH]c4ccccc34)nc(-c3cncc(C)c3)cn12. The number of imidazole rings is 1. The van der Waals surface area contributed by atoms with E-state index in [2.05, 4.69) is 61.7 Å². The number of hydrogen-bond donors (Lipinski definition) is 2. The quantitative estimate of drug-likeness (QED) is 0.402. The molecule has 0 radical (unpaired) electrons. The lowest BCUT2D eigenvalue weighted by molar-refractivity contribution is 1.00. The van der Waals surface area contributed by atoms with E-state index in [-0.39, 0.29) is 0 Å². The van der Waals surface area contributed by atoms with Gasteiger partial charge in [-0.05, 0) is 49.1 Å². The van der Waals surface area contributed by atoms with Gasteiger partial charge < -0.3 is 10.3 Å². The maximum absolute atomic E-state index is 4.89. The molecule has 0 unspecified atom stereocenters. The first-order valence-corrected chi connectivity index (χ1v) is 10.3. The molecule has 0 saturated heterocycles. The third-order valence-corrected chi connectivity index (χ3v) is 5.46. The molecule has 0 aliphatic heterocycles. The van der Waals surface area contributed by atoms with Crippen LogP contribution in [0, 0.1) is 6.92 Å². The van der Waals surface area contributed by atoms with Gasteiger partial charge in [-0.15, -0.1) is 0 Å². The van der Waals surface area contributed by atoms with Gasteiger partial charge in [-0.3, -0.25) is 9.38 Å². The average Bonchev–Trinajstić information content (AvgIpc) is 3.38. The van der Waals surface area contributed by atoms with E-state index in [1.807, 2.05) is 44.7 Å². The van der Waals surface area contributed by atoms with Crippen molar-refractivity contribution in [1.82, 2.24) is 24.3 Å². The molecule has 6 heteroatoms. The van der Waals surface area contributed by atoms with Crippen molar-refractivity contribution in [2.24, 2.45) is 0 Å². The summed E-state index contributed by atoms with van der Waals surface area (Å²) in [4.78, 5) is 17.2. The number of pyridine rings is 1. The third-order valence-electron chi connectivity index (χ3n) is 5.46. The van der Waals surface area contributed by atoms with E-state index in [1.54, 1.807) is 0 Å². The number of nitrogens with zero attached hydrogens (tertiary/aromatic N) is 4. The van der Waals surface area contributed by atoms with Gasteiger partial charge >= 0.3 is 0 Å². The average molecular weight is 409 g/mol. The van der Waals surface area contributed by atoms with E-state index >= 15 is 0 Å². The molecule has 0 aliphatic rings. The number of aryl methyl sites for hydroxylation is 1. The Morgan fingerprint density at radius 3 is 2.90 bits per heavy atom. The maximum Gasteiger partial charge on any atom is 0.180 e. The second-order valence-electron chi connectivity index (χ2n) is 7.88. The van der Waals surface area contributed by atoms with Crippen molar-refractivity contribution in [2.75, 3.05) is 11.9 Å². The Labute approximate surface area is 180 Å². The molecule has 6 nitrogen and oxygen atoms in total. The van der Waals surface area contributed by atoms with E-state index in [1.165, 1.54) is 10.9 Å². The van der Waals surface area contributed by atoms with Crippen LogP contribution in [0.2, 0.25) is 0 Å². The Hall–Kier alpha value is -3.93. The molecule has 0 fully saturated rings. The maximum atomic E-state index is 4.89. The van der Waals surface area contributed by atoms with Crippen LogP contribution in [0.1, 0.15) is 23.7 Å². The molecule has 0 spiro atoms. The van der Waals surface area contributed by atoms with Crippen LogP contribution >= 0.6 is 0 Å². The number of benzene rings is 1. The minimum Gasteiger partial charge on any atom is -0.367 e. The third kappa shape index (κ3) is 3.57. The zero-order chi connectivity index (χ0) is 21.4. The highest BCUT2D eigenvalue weighted by atomic mass is 15.1. The highest BCUT2D eigenvalue weighted by molar-refractivity contribution is 5.83. The van der Waals surface area contributed by atoms with Gasteiger partial charge in [-0.1, -0.05) is 24.8 Å². The van der Waals surface area contributed by atoms with E-state index in [0.717, 1.165) is 58.0 Å². The summed E-state index contributed by atoms with van der Waals surface area (Å²) in [6.07, 6.45) is 10.5. The number of rotatable bonds is 6. The fourth-order valence-electron chi connectivity index (χ4n) is 3.91. The van der Waals surface area contributed by atoms with E-state index in [0.29, 0.717) is 0 Å². The second-order valence-corrected chi connectivity index (χ2v) is 7.88.